The van der Waals surface area contributed by atoms with Crippen molar-refractivity contribution < 1.29 is 5.11 Å². The Labute approximate surface area is 107 Å². The van der Waals surface area contributed by atoms with Gasteiger partial charge in [0.1, 0.15) is 5.82 Å². The lowest BCUT2D eigenvalue weighted by Gasteiger charge is -2.18. The second-order valence-corrected chi connectivity index (χ2v) is 4.50. The molecule has 0 saturated carbocycles. The molecule has 2 rings (SSSR count). The lowest BCUT2D eigenvalue weighted by Crippen LogP contribution is -2.17. The predicted molar refractivity (Wildman–Crippen MR) is 70.2 cm³/mol. The molecule has 0 bridgehead atoms. The third-order valence-corrected chi connectivity index (χ3v) is 2.82. The topological polar surface area (TPSA) is 54.2 Å². The monoisotopic (exact) mass is 246 g/mol. The number of hydrogen-bond acceptors (Lipinski definition) is 4. The standard InChI is InChI=1S/C13H18N4O/c1-10(18)12-4-5-14-13(6-12)16(2)8-11-7-15-17(3)9-11/h4-7,9-10,18H,8H2,1-3H3/t10-/m0/s1. The van der Waals surface area contributed by atoms with Crippen LogP contribution in [-0.2, 0) is 13.6 Å². The number of pyridine rings is 1. The van der Waals surface area contributed by atoms with Crippen LogP contribution in [0, 0.1) is 0 Å². The average Bonchev–Trinajstić information content (AvgIpc) is 2.75. The number of aryl methyl sites for hydroxylation is 1. The van der Waals surface area contributed by atoms with E-state index in [1.165, 1.54) is 0 Å². The third kappa shape index (κ3) is 2.87. The molecule has 0 aliphatic carbocycles. The summed E-state index contributed by atoms with van der Waals surface area (Å²) in [6.07, 6.45) is 5.07. The molecule has 2 heterocycles. The normalized spacial score (nSPS) is 12.4. The molecule has 5 nitrogen and oxygen atoms in total. The van der Waals surface area contributed by atoms with Crippen LogP contribution in [-0.4, -0.2) is 26.9 Å². The van der Waals surface area contributed by atoms with Gasteiger partial charge < -0.3 is 10.0 Å². The van der Waals surface area contributed by atoms with E-state index in [0.29, 0.717) is 0 Å². The number of hydrogen-bond donors (Lipinski definition) is 1. The molecule has 0 fully saturated rings. The molecule has 1 atom stereocenters. The Bertz CT molecular complexity index is 521. The Balaban J connectivity index is 2.13. The highest BCUT2D eigenvalue weighted by Gasteiger charge is 2.07. The largest absolute Gasteiger partial charge is 0.389 e. The van der Waals surface area contributed by atoms with E-state index >= 15 is 0 Å². The van der Waals surface area contributed by atoms with Crippen molar-refractivity contribution in [2.24, 2.45) is 7.05 Å². The molecule has 0 aliphatic heterocycles. The number of aliphatic hydroxyl groups excluding tert-OH is 1. The van der Waals surface area contributed by atoms with Gasteiger partial charge in [0.15, 0.2) is 0 Å². The van der Waals surface area contributed by atoms with Gasteiger partial charge in [0.05, 0.1) is 12.3 Å². The van der Waals surface area contributed by atoms with Crippen molar-refractivity contribution in [2.45, 2.75) is 19.6 Å². The molecule has 18 heavy (non-hydrogen) atoms. The van der Waals surface area contributed by atoms with Crippen LogP contribution in [0.1, 0.15) is 24.2 Å². The molecule has 2 aromatic heterocycles. The molecule has 0 aliphatic rings. The van der Waals surface area contributed by atoms with Crippen LogP contribution in [0.15, 0.2) is 30.7 Å². The van der Waals surface area contributed by atoms with Gasteiger partial charge in [-0.25, -0.2) is 4.98 Å². The van der Waals surface area contributed by atoms with E-state index in [1.807, 2.05) is 43.5 Å². The molecule has 0 spiro atoms. The molecular formula is C13H18N4O. The highest BCUT2D eigenvalue weighted by atomic mass is 16.3. The molecule has 0 amide bonds. The van der Waals surface area contributed by atoms with Gasteiger partial charge in [-0.05, 0) is 24.6 Å². The van der Waals surface area contributed by atoms with Crippen molar-refractivity contribution >= 4 is 5.82 Å². The van der Waals surface area contributed by atoms with Crippen LogP contribution in [0.3, 0.4) is 0 Å². The molecule has 1 N–H and O–H groups in total. The van der Waals surface area contributed by atoms with E-state index in [-0.39, 0.29) is 0 Å². The van der Waals surface area contributed by atoms with Crippen molar-refractivity contribution in [3.8, 4) is 0 Å². The zero-order valence-electron chi connectivity index (χ0n) is 10.9. The van der Waals surface area contributed by atoms with Crippen LogP contribution >= 0.6 is 0 Å². The van der Waals surface area contributed by atoms with E-state index in [9.17, 15) is 5.11 Å². The maximum absolute atomic E-state index is 9.56. The van der Waals surface area contributed by atoms with E-state index in [1.54, 1.807) is 17.8 Å². The van der Waals surface area contributed by atoms with Crippen LogP contribution in [0.25, 0.3) is 0 Å². The SMILES string of the molecule is C[C@H](O)c1ccnc(N(C)Cc2cnn(C)c2)c1. The van der Waals surface area contributed by atoms with E-state index in [4.69, 9.17) is 0 Å². The van der Waals surface area contributed by atoms with Crippen molar-refractivity contribution in [1.82, 2.24) is 14.8 Å². The van der Waals surface area contributed by atoms with E-state index < -0.39 is 6.10 Å². The Kier molecular flexibility index (Phi) is 3.62. The van der Waals surface area contributed by atoms with E-state index in [2.05, 4.69) is 10.1 Å². The highest BCUT2D eigenvalue weighted by Crippen LogP contribution is 2.18. The number of rotatable bonds is 4. The smallest absolute Gasteiger partial charge is 0.128 e. The lowest BCUT2D eigenvalue weighted by atomic mass is 10.1. The van der Waals surface area contributed by atoms with Gasteiger partial charge >= 0.3 is 0 Å². The Hall–Kier alpha value is -1.88. The summed E-state index contributed by atoms with van der Waals surface area (Å²) in [5, 5.41) is 13.7. The summed E-state index contributed by atoms with van der Waals surface area (Å²) in [4.78, 5) is 6.34. The first-order valence-electron chi connectivity index (χ1n) is 5.89. The summed E-state index contributed by atoms with van der Waals surface area (Å²) >= 11 is 0. The van der Waals surface area contributed by atoms with Gasteiger partial charge in [0, 0.05) is 38.6 Å². The third-order valence-electron chi connectivity index (χ3n) is 2.82. The first-order chi connectivity index (χ1) is 8.56. The zero-order chi connectivity index (χ0) is 13.1. The molecule has 0 saturated heterocycles. The van der Waals surface area contributed by atoms with Crippen LogP contribution in [0.2, 0.25) is 0 Å². The molecule has 0 radical (unpaired) electrons. The summed E-state index contributed by atoms with van der Waals surface area (Å²) < 4.78 is 1.78. The highest BCUT2D eigenvalue weighted by molar-refractivity contribution is 5.41. The van der Waals surface area contributed by atoms with E-state index in [0.717, 1.165) is 23.5 Å². The Morgan fingerprint density at radius 3 is 2.89 bits per heavy atom. The number of aliphatic hydroxyl groups is 1. The maximum Gasteiger partial charge on any atom is 0.128 e. The molecule has 0 unspecified atom stereocenters. The van der Waals surface area contributed by atoms with Crippen molar-refractivity contribution in [1.29, 1.82) is 0 Å². The van der Waals surface area contributed by atoms with Gasteiger partial charge in [-0.3, -0.25) is 4.68 Å². The van der Waals surface area contributed by atoms with Crippen molar-refractivity contribution in [2.75, 3.05) is 11.9 Å². The fraction of sp³-hybridized carbons (Fsp3) is 0.385. The minimum absolute atomic E-state index is 0.474. The van der Waals surface area contributed by atoms with Crippen LogP contribution in [0.5, 0.6) is 0 Å². The van der Waals surface area contributed by atoms with Gasteiger partial charge in [-0.1, -0.05) is 0 Å². The van der Waals surface area contributed by atoms with Crippen LogP contribution in [0.4, 0.5) is 5.82 Å². The second-order valence-electron chi connectivity index (χ2n) is 4.50. The Morgan fingerprint density at radius 2 is 2.28 bits per heavy atom. The average molecular weight is 246 g/mol. The van der Waals surface area contributed by atoms with Gasteiger partial charge in [0.25, 0.3) is 0 Å². The predicted octanol–water partition coefficient (Wildman–Crippen LogP) is 1.50. The van der Waals surface area contributed by atoms with Gasteiger partial charge in [-0.15, -0.1) is 0 Å². The minimum Gasteiger partial charge on any atom is -0.389 e. The van der Waals surface area contributed by atoms with Gasteiger partial charge in [-0.2, -0.15) is 5.10 Å². The first-order valence-corrected chi connectivity index (χ1v) is 5.89. The zero-order valence-corrected chi connectivity index (χ0v) is 10.9. The maximum atomic E-state index is 9.56. The summed E-state index contributed by atoms with van der Waals surface area (Å²) in [5.74, 6) is 0.845. The fourth-order valence-corrected chi connectivity index (χ4v) is 1.81. The summed E-state index contributed by atoms with van der Waals surface area (Å²) in [5.41, 5.74) is 2.00. The van der Waals surface area contributed by atoms with Crippen molar-refractivity contribution in [3.63, 3.8) is 0 Å². The number of aromatic nitrogens is 3. The summed E-state index contributed by atoms with van der Waals surface area (Å²) in [6, 6.07) is 3.73. The number of nitrogens with zero attached hydrogens (tertiary/aromatic N) is 4. The number of anilines is 1. The molecule has 0 aromatic carbocycles. The molecule has 5 heteroatoms. The molecule has 2 aromatic rings. The first kappa shape index (κ1) is 12.6. The quantitative estimate of drug-likeness (QED) is 0.888. The molecular weight excluding hydrogens is 228 g/mol. The fourth-order valence-electron chi connectivity index (χ4n) is 1.81. The van der Waals surface area contributed by atoms with Gasteiger partial charge in [0.2, 0.25) is 0 Å². The summed E-state index contributed by atoms with van der Waals surface area (Å²) in [6.45, 7) is 2.49. The van der Waals surface area contributed by atoms with Crippen LogP contribution < -0.4 is 4.90 Å². The van der Waals surface area contributed by atoms with Crippen molar-refractivity contribution in [3.05, 3.63) is 41.9 Å². The second kappa shape index (κ2) is 5.18. The minimum atomic E-state index is -0.474. The Morgan fingerprint density at radius 1 is 1.50 bits per heavy atom. The molecule has 96 valence electrons. The summed E-state index contributed by atoms with van der Waals surface area (Å²) in [7, 11) is 3.87. The lowest BCUT2D eigenvalue weighted by molar-refractivity contribution is 0.199.